The first-order valence-electron chi connectivity index (χ1n) is 13.7. The third-order valence-electron chi connectivity index (χ3n) is 7.58. The lowest BCUT2D eigenvalue weighted by Crippen LogP contribution is -2.37. The molecule has 4 aromatic rings. The Hall–Kier alpha value is -3.81. The molecular weight excluding hydrogens is 520 g/mol. The molecule has 0 radical (unpaired) electrons. The summed E-state index contributed by atoms with van der Waals surface area (Å²) in [5.41, 5.74) is 2.57. The van der Waals surface area contributed by atoms with Gasteiger partial charge in [0.15, 0.2) is 0 Å². The molecule has 40 heavy (non-hydrogen) atoms. The summed E-state index contributed by atoms with van der Waals surface area (Å²) in [5, 5.41) is 22.0. The van der Waals surface area contributed by atoms with Crippen molar-refractivity contribution >= 4 is 40.3 Å². The minimum Gasteiger partial charge on any atom is -0.507 e. The van der Waals surface area contributed by atoms with E-state index in [1.54, 1.807) is 11.0 Å². The largest absolute Gasteiger partial charge is 0.507 e. The van der Waals surface area contributed by atoms with Gasteiger partial charge in [-0.2, -0.15) is 0 Å². The standard InChI is InChI=1S/C33H34N2O4S/c1-34(40-31-13-7-11-26-10-5-6-12-28(26)31)22-32(37)35(27-18-19-29(33(38)39)30(36)20-27)21-23-14-16-25(17-15-23)24-8-3-2-4-9-24/h5-7,10-20,24,36H,2-4,8-9,21-22H2,1H3,(H,38,39). The maximum Gasteiger partial charge on any atom is 0.339 e. The second-order valence-corrected chi connectivity index (χ2v) is 11.7. The molecule has 6 nitrogen and oxygen atoms in total. The van der Waals surface area contributed by atoms with Crippen molar-refractivity contribution in [2.75, 3.05) is 18.5 Å². The fourth-order valence-electron chi connectivity index (χ4n) is 5.46. The molecule has 1 fully saturated rings. The lowest BCUT2D eigenvalue weighted by molar-refractivity contribution is -0.118. The first-order valence-corrected chi connectivity index (χ1v) is 14.5. The number of carbonyl (C=O) groups is 2. The van der Waals surface area contributed by atoms with Crippen molar-refractivity contribution in [3.8, 4) is 5.75 Å². The Morgan fingerprint density at radius 3 is 2.35 bits per heavy atom. The highest BCUT2D eigenvalue weighted by Crippen LogP contribution is 2.34. The normalized spacial score (nSPS) is 13.9. The van der Waals surface area contributed by atoms with Crippen LogP contribution in [0.5, 0.6) is 5.75 Å². The van der Waals surface area contributed by atoms with E-state index < -0.39 is 5.97 Å². The number of benzene rings is 4. The van der Waals surface area contributed by atoms with Crippen molar-refractivity contribution < 1.29 is 19.8 Å². The Bertz CT molecular complexity index is 1490. The van der Waals surface area contributed by atoms with Gasteiger partial charge in [0.05, 0.1) is 13.1 Å². The minimum atomic E-state index is -1.22. The van der Waals surface area contributed by atoms with E-state index in [2.05, 4.69) is 42.5 Å². The van der Waals surface area contributed by atoms with Crippen LogP contribution in [0.4, 0.5) is 5.69 Å². The van der Waals surface area contributed by atoms with Crippen LogP contribution in [-0.4, -0.2) is 40.0 Å². The van der Waals surface area contributed by atoms with Crippen molar-refractivity contribution in [3.63, 3.8) is 0 Å². The van der Waals surface area contributed by atoms with Gasteiger partial charge in [0, 0.05) is 16.6 Å². The molecule has 0 bridgehead atoms. The summed E-state index contributed by atoms with van der Waals surface area (Å²) < 4.78 is 1.90. The first kappa shape index (κ1) is 27.7. The van der Waals surface area contributed by atoms with Crippen molar-refractivity contribution in [3.05, 3.63) is 102 Å². The number of aromatic carboxylic acids is 1. The Kier molecular flexibility index (Phi) is 8.72. The molecule has 0 aromatic heterocycles. The van der Waals surface area contributed by atoms with E-state index in [0.29, 0.717) is 18.2 Å². The van der Waals surface area contributed by atoms with Gasteiger partial charge in [-0.3, -0.25) is 4.79 Å². The Morgan fingerprint density at radius 2 is 1.62 bits per heavy atom. The van der Waals surface area contributed by atoms with Gasteiger partial charge in [-0.15, -0.1) is 0 Å². The summed E-state index contributed by atoms with van der Waals surface area (Å²) in [6, 6.07) is 27.0. The van der Waals surface area contributed by atoms with E-state index in [1.165, 1.54) is 61.7 Å². The smallest absolute Gasteiger partial charge is 0.339 e. The summed E-state index contributed by atoms with van der Waals surface area (Å²) >= 11 is 1.51. The van der Waals surface area contributed by atoms with Gasteiger partial charge in [-0.25, -0.2) is 9.10 Å². The second kappa shape index (κ2) is 12.6. The van der Waals surface area contributed by atoms with Crippen molar-refractivity contribution in [2.45, 2.75) is 49.5 Å². The quantitative estimate of drug-likeness (QED) is 0.209. The predicted molar refractivity (Wildman–Crippen MR) is 161 cm³/mol. The van der Waals surface area contributed by atoms with Gasteiger partial charge < -0.3 is 15.1 Å². The van der Waals surface area contributed by atoms with Crippen molar-refractivity contribution in [1.82, 2.24) is 4.31 Å². The number of fused-ring (bicyclic) bond motifs is 1. The molecule has 1 aliphatic carbocycles. The van der Waals surface area contributed by atoms with Crippen LogP contribution in [0, 0.1) is 0 Å². The molecule has 206 valence electrons. The van der Waals surface area contributed by atoms with E-state index in [-0.39, 0.29) is 23.8 Å². The molecular formula is C33H34N2O4S. The second-order valence-electron chi connectivity index (χ2n) is 10.4. The van der Waals surface area contributed by atoms with Gasteiger partial charge in [0.1, 0.15) is 11.3 Å². The zero-order valence-electron chi connectivity index (χ0n) is 22.6. The summed E-state index contributed by atoms with van der Waals surface area (Å²) in [6.07, 6.45) is 6.30. The van der Waals surface area contributed by atoms with Gasteiger partial charge in [0.2, 0.25) is 5.91 Å². The molecule has 0 saturated heterocycles. The summed E-state index contributed by atoms with van der Waals surface area (Å²) in [6.45, 7) is 0.428. The topological polar surface area (TPSA) is 81.1 Å². The Balaban J connectivity index is 1.36. The molecule has 7 heteroatoms. The number of carboxylic acids is 1. The molecule has 1 aliphatic rings. The van der Waals surface area contributed by atoms with E-state index in [0.717, 1.165) is 21.2 Å². The average Bonchev–Trinajstić information content (AvgIpc) is 2.96. The number of carboxylic acid groups (broad SMARTS) is 1. The van der Waals surface area contributed by atoms with Crippen molar-refractivity contribution in [1.29, 1.82) is 0 Å². The number of anilines is 1. The first-order chi connectivity index (χ1) is 19.4. The number of phenols is 1. The fourth-order valence-corrected chi connectivity index (χ4v) is 6.39. The van der Waals surface area contributed by atoms with Crippen LogP contribution in [0.2, 0.25) is 0 Å². The number of amides is 1. The summed E-state index contributed by atoms with van der Waals surface area (Å²) in [4.78, 5) is 27.9. The van der Waals surface area contributed by atoms with Gasteiger partial charge in [-0.1, -0.05) is 79.9 Å². The van der Waals surface area contributed by atoms with Crippen LogP contribution in [-0.2, 0) is 11.3 Å². The third-order valence-corrected chi connectivity index (χ3v) is 8.58. The van der Waals surface area contributed by atoms with Crippen LogP contribution < -0.4 is 4.90 Å². The SMILES string of the molecule is CN(CC(=O)N(Cc1ccc(C2CCCCC2)cc1)c1ccc(C(=O)O)c(O)c1)Sc1cccc2ccccc12. The Morgan fingerprint density at radius 1 is 0.900 bits per heavy atom. The number of likely N-dealkylation sites (N-methyl/N-ethyl adjacent to an activating group) is 1. The highest BCUT2D eigenvalue weighted by Gasteiger charge is 2.22. The lowest BCUT2D eigenvalue weighted by atomic mass is 9.84. The van der Waals surface area contributed by atoms with Gasteiger partial charge >= 0.3 is 5.97 Å². The van der Waals surface area contributed by atoms with E-state index >= 15 is 0 Å². The number of hydrogen-bond acceptors (Lipinski definition) is 5. The van der Waals surface area contributed by atoms with Crippen LogP contribution >= 0.6 is 11.9 Å². The molecule has 0 heterocycles. The van der Waals surface area contributed by atoms with Gasteiger partial charge in [0.25, 0.3) is 0 Å². The van der Waals surface area contributed by atoms with Crippen LogP contribution in [0.1, 0.15) is 59.5 Å². The maximum atomic E-state index is 13.7. The van der Waals surface area contributed by atoms with E-state index in [4.69, 9.17) is 0 Å². The van der Waals surface area contributed by atoms with Gasteiger partial charge in [-0.05, 0) is 77.9 Å². The van der Waals surface area contributed by atoms with Crippen LogP contribution in [0.25, 0.3) is 10.8 Å². The molecule has 5 rings (SSSR count). The predicted octanol–water partition coefficient (Wildman–Crippen LogP) is 7.46. The Labute approximate surface area is 239 Å². The molecule has 2 N–H and O–H groups in total. The maximum absolute atomic E-state index is 13.7. The number of aromatic hydroxyl groups is 1. The molecule has 1 amide bonds. The highest BCUT2D eigenvalue weighted by atomic mass is 32.2. The lowest BCUT2D eigenvalue weighted by Gasteiger charge is -2.26. The molecule has 4 aromatic carbocycles. The highest BCUT2D eigenvalue weighted by molar-refractivity contribution is 7.97. The molecule has 0 atom stereocenters. The summed E-state index contributed by atoms with van der Waals surface area (Å²) in [7, 11) is 1.88. The average molecular weight is 555 g/mol. The molecule has 0 aliphatic heterocycles. The van der Waals surface area contributed by atoms with E-state index in [9.17, 15) is 19.8 Å². The molecule has 1 saturated carbocycles. The minimum absolute atomic E-state index is 0.121. The van der Waals surface area contributed by atoms with Crippen molar-refractivity contribution in [2.24, 2.45) is 0 Å². The zero-order chi connectivity index (χ0) is 28.1. The molecule has 0 unspecified atom stereocenters. The molecule has 0 spiro atoms. The summed E-state index contributed by atoms with van der Waals surface area (Å²) in [5.74, 6) is -1.14. The monoisotopic (exact) mass is 554 g/mol. The fraction of sp³-hybridized carbons (Fsp3) is 0.273. The van der Waals surface area contributed by atoms with Crippen LogP contribution in [0.15, 0.2) is 89.8 Å². The number of hydrogen-bond donors (Lipinski definition) is 2. The third kappa shape index (κ3) is 6.49. The van der Waals surface area contributed by atoms with E-state index in [1.807, 2.05) is 35.6 Å². The zero-order valence-corrected chi connectivity index (χ0v) is 23.4. The van der Waals surface area contributed by atoms with Crippen LogP contribution in [0.3, 0.4) is 0 Å². The number of carbonyl (C=O) groups excluding carboxylic acids is 1. The number of rotatable bonds is 9. The number of nitrogens with zero attached hydrogens (tertiary/aromatic N) is 2.